The van der Waals surface area contributed by atoms with Gasteiger partial charge in [0.2, 0.25) is 5.91 Å². The summed E-state index contributed by atoms with van der Waals surface area (Å²) < 4.78 is 11.9. The molecule has 1 fully saturated rings. The van der Waals surface area contributed by atoms with Crippen molar-refractivity contribution in [2.45, 2.75) is 96.5 Å². The Hall–Kier alpha value is -2.29. The molecule has 2 rings (SSSR count). The molecule has 2 N–H and O–H groups in total. The number of nitrogens with one attached hydrogen (secondary N) is 1. The maximum atomic E-state index is 12.2. The van der Waals surface area contributed by atoms with Crippen LogP contribution in [0, 0.1) is 0 Å². The highest BCUT2D eigenvalue weighted by atomic mass is 16.7. The number of amides is 1. The molecule has 0 aromatic carbocycles. The second-order valence-corrected chi connectivity index (χ2v) is 8.57. The minimum atomic E-state index is -0.736. The second kappa shape index (κ2) is 17.2. The smallest absolute Gasteiger partial charge is 0.351 e. The number of aliphatic hydroxyl groups is 1. The van der Waals surface area contributed by atoms with E-state index < -0.39 is 18.2 Å². The SMILES string of the molecule is CCCCC/C=C\C/C=C\CCCCCCCC(=O)Nc1ccn([C@@H]2CO[C@H](CO)O2)c(=O)n1. The Bertz CT molecular complexity index is 821. The van der Waals surface area contributed by atoms with Crippen LogP contribution in [0.25, 0.3) is 0 Å². The predicted molar refractivity (Wildman–Crippen MR) is 133 cm³/mol. The molecule has 1 aliphatic rings. The third-order valence-electron chi connectivity index (χ3n) is 5.64. The van der Waals surface area contributed by atoms with Crippen molar-refractivity contribution < 1.29 is 19.4 Å². The van der Waals surface area contributed by atoms with Crippen molar-refractivity contribution >= 4 is 11.7 Å². The molecule has 0 radical (unpaired) electrons. The van der Waals surface area contributed by atoms with Gasteiger partial charge in [-0.1, -0.05) is 63.3 Å². The van der Waals surface area contributed by atoms with Gasteiger partial charge in [-0.25, -0.2) is 4.79 Å². The molecule has 0 spiro atoms. The molecule has 0 saturated carbocycles. The number of carbonyl (C=O) groups is 1. The van der Waals surface area contributed by atoms with Crippen molar-refractivity contribution in [1.29, 1.82) is 0 Å². The van der Waals surface area contributed by atoms with Crippen molar-refractivity contribution in [3.63, 3.8) is 0 Å². The molecule has 34 heavy (non-hydrogen) atoms. The van der Waals surface area contributed by atoms with E-state index in [0.29, 0.717) is 6.42 Å². The lowest BCUT2D eigenvalue weighted by atomic mass is 10.1. The predicted octanol–water partition coefficient (Wildman–Crippen LogP) is 4.86. The molecule has 1 saturated heterocycles. The van der Waals surface area contributed by atoms with E-state index >= 15 is 0 Å². The number of rotatable bonds is 17. The summed E-state index contributed by atoms with van der Waals surface area (Å²) in [5.41, 5.74) is -0.540. The van der Waals surface area contributed by atoms with Gasteiger partial charge in [0.1, 0.15) is 5.82 Å². The third kappa shape index (κ3) is 11.2. The van der Waals surface area contributed by atoms with Gasteiger partial charge < -0.3 is 19.9 Å². The number of hydrogen-bond acceptors (Lipinski definition) is 6. The molecule has 1 aromatic rings. The van der Waals surface area contributed by atoms with Gasteiger partial charge >= 0.3 is 5.69 Å². The zero-order valence-electron chi connectivity index (χ0n) is 20.5. The Morgan fingerprint density at radius 1 is 1.12 bits per heavy atom. The summed E-state index contributed by atoms with van der Waals surface area (Å²) in [7, 11) is 0. The maximum absolute atomic E-state index is 12.2. The number of aromatic nitrogens is 2. The number of nitrogens with zero attached hydrogens (tertiary/aromatic N) is 2. The first kappa shape index (κ1) is 28.0. The van der Waals surface area contributed by atoms with Crippen LogP contribution in [0.4, 0.5) is 5.82 Å². The largest absolute Gasteiger partial charge is 0.391 e. The highest BCUT2D eigenvalue weighted by Crippen LogP contribution is 2.19. The normalized spacial score (nSPS) is 18.3. The molecule has 0 unspecified atom stereocenters. The quantitative estimate of drug-likeness (QED) is 0.246. The van der Waals surface area contributed by atoms with Crippen LogP contribution >= 0.6 is 0 Å². The monoisotopic (exact) mass is 475 g/mol. The fourth-order valence-electron chi connectivity index (χ4n) is 3.69. The Morgan fingerprint density at radius 2 is 1.82 bits per heavy atom. The highest BCUT2D eigenvalue weighted by molar-refractivity contribution is 5.89. The molecular formula is C26H41N3O5. The first-order valence-corrected chi connectivity index (χ1v) is 12.7. The molecule has 8 nitrogen and oxygen atoms in total. The average molecular weight is 476 g/mol. The minimum Gasteiger partial charge on any atom is -0.391 e. The Labute approximate surface area is 203 Å². The first-order valence-electron chi connectivity index (χ1n) is 12.7. The lowest BCUT2D eigenvalue weighted by Crippen LogP contribution is -2.29. The van der Waals surface area contributed by atoms with Gasteiger partial charge in [0.15, 0.2) is 12.5 Å². The number of carbonyl (C=O) groups excluding carboxylic acids is 1. The van der Waals surface area contributed by atoms with Crippen molar-refractivity contribution in [3.8, 4) is 0 Å². The summed E-state index contributed by atoms with van der Waals surface area (Å²) in [6, 6.07) is 1.56. The van der Waals surface area contributed by atoms with Gasteiger partial charge in [-0.05, 0) is 44.6 Å². The molecule has 0 aliphatic carbocycles. The molecule has 2 heterocycles. The lowest BCUT2D eigenvalue weighted by molar-refractivity contribution is -0.116. The van der Waals surface area contributed by atoms with Crippen molar-refractivity contribution in [1.82, 2.24) is 9.55 Å². The topological polar surface area (TPSA) is 103 Å². The van der Waals surface area contributed by atoms with Crippen LogP contribution in [-0.2, 0) is 14.3 Å². The molecule has 2 atom stereocenters. The zero-order valence-corrected chi connectivity index (χ0v) is 20.5. The maximum Gasteiger partial charge on any atom is 0.351 e. The summed E-state index contributed by atoms with van der Waals surface area (Å²) in [6.07, 6.45) is 22.1. The summed E-state index contributed by atoms with van der Waals surface area (Å²) in [4.78, 5) is 28.2. The number of unbranched alkanes of at least 4 members (excludes halogenated alkanes) is 8. The van der Waals surface area contributed by atoms with Gasteiger partial charge in [0.05, 0.1) is 13.2 Å². The first-order chi connectivity index (χ1) is 16.6. The molecule has 1 aliphatic heterocycles. The van der Waals surface area contributed by atoms with Crippen LogP contribution in [0.1, 0.15) is 90.2 Å². The standard InChI is InChI=1S/C26H41N3O5/c1-2-3-4-5-6-7-8-9-10-11-12-13-14-15-16-17-23(31)27-22-18-19-29(26(32)28-22)24-21-33-25(20-30)34-24/h6-7,9-10,18-19,24-25,30H,2-5,8,11-17,20-21H2,1H3,(H,27,28,31,32)/b7-6-,10-9-/t24-,25-/m0/s1. The third-order valence-corrected chi connectivity index (χ3v) is 5.64. The zero-order chi connectivity index (χ0) is 24.4. The molecule has 190 valence electrons. The summed E-state index contributed by atoms with van der Waals surface area (Å²) in [6.45, 7) is 2.11. The van der Waals surface area contributed by atoms with E-state index in [1.807, 2.05) is 0 Å². The van der Waals surface area contributed by atoms with E-state index in [4.69, 9.17) is 14.6 Å². The van der Waals surface area contributed by atoms with E-state index in [-0.39, 0.29) is 24.9 Å². The highest BCUT2D eigenvalue weighted by Gasteiger charge is 2.27. The Balaban J connectivity index is 1.51. The number of hydrogen-bond donors (Lipinski definition) is 2. The van der Waals surface area contributed by atoms with Crippen molar-refractivity contribution in [2.24, 2.45) is 0 Å². The van der Waals surface area contributed by atoms with Crippen LogP contribution in [0.15, 0.2) is 41.4 Å². The van der Waals surface area contributed by atoms with Gasteiger partial charge in [0, 0.05) is 12.6 Å². The van der Waals surface area contributed by atoms with Gasteiger partial charge in [0.25, 0.3) is 0 Å². The number of anilines is 1. The summed E-state index contributed by atoms with van der Waals surface area (Å²) >= 11 is 0. The van der Waals surface area contributed by atoms with E-state index in [0.717, 1.165) is 32.1 Å². The second-order valence-electron chi connectivity index (χ2n) is 8.57. The van der Waals surface area contributed by atoms with Crippen LogP contribution < -0.4 is 11.0 Å². The summed E-state index contributed by atoms with van der Waals surface area (Å²) in [5.74, 6) is 0.0857. The van der Waals surface area contributed by atoms with Crippen LogP contribution in [0.2, 0.25) is 0 Å². The van der Waals surface area contributed by atoms with Crippen LogP contribution in [0.3, 0.4) is 0 Å². The van der Waals surface area contributed by atoms with Gasteiger partial charge in [-0.15, -0.1) is 0 Å². The van der Waals surface area contributed by atoms with Gasteiger partial charge in [-0.2, -0.15) is 4.98 Å². The Kier molecular flexibility index (Phi) is 14.1. The number of ether oxygens (including phenoxy) is 2. The average Bonchev–Trinajstić information content (AvgIpc) is 3.30. The molecule has 0 bridgehead atoms. The van der Waals surface area contributed by atoms with E-state index in [9.17, 15) is 9.59 Å². The molecule has 1 aromatic heterocycles. The lowest BCUT2D eigenvalue weighted by Gasteiger charge is -2.12. The van der Waals surface area contributed by atoms with E-state index in [1.54, 1.807) is 6.07 Å². The Morgan fingerprint density at radius 3 is 2.50 bits per heavy atom. The van der Waals surface area contributed by atoms with E-state index in [1.165, 1.54) is 49.3 Å². The fraction of sp³-hybridized carbons (Fsp3) is 0.654. The van der Waals surface area contributed by atoms with Crippen molar-refractivity contribution in [3.05, 3.63) is 47.1 Å². The van der Waals surface area contributed by atoms with Crippen molar-refractivity contribution in [2.75, 3.05) is 18.5 Å². The fourth-order valence-corrected chi connectivity index (χ4v) is 3.69. The number of aliphatic hydroxyl groups excluding tert-OH is 1. The molecular weight excluding hydrogens is 434 g/mol. The molecule has 1 amide bonds. The summed E-state index contributed by atoms with van der Waals surface area (Å²) in [5, 5.41) is 11.7. The number of allylic oxidation sites excluding steroid dienone is 4. The van der Waals surface area contributed by atoms with Crippen LogP contribution in [0.5, 0.6) is 0 Å². The van der Waals surface area contributed by atoms with Gasteiger partial charge in [-0.3, -0.25) is 9.36 Å². The van der Waals surface area contributed by atoms with Crippen LogP contribution in [-0.4, -0.2) is 40.1 Å². The van der Waals surface area contributed by atoms with E-state index in [2.05, 4.69) is 41.5 Å². The minimum absolute atomic E-state index is 0.142. The molecule has 8 heteroatoms.